The van der Waals surface area contributed by atoms with E-state index >= 15 is 0 Å². The molecule has 6 nitrogen and oxygen atoms in total. The average Bonchev–Trinajstić information content (AvgIpc) is 2.60. The number of ketones is 1. The molecule has 25 heavy (non-hydrogen) atoms. The number of nitro groups is 1. The highest BCUT2D eigenvalue weighted by Gasteiger charge is 2.15. The number of carbonyl (C=O) groups is 2. The Kier molecular flexibility index (Phi) is 6.25. The topological polar surface area (TPSA) is 89.3 Å². The Morgan fingerprint density at radius 3 is 2.40 bits per heavy atom. The molecule has 0 unspecified atom stereocenters. The smallest absolute Gasteiger partial charge is 0.274 e. The molecule has 0 saturated heterocycles. The van der Waals surface area contributed by atoms with Crippen molar-refractivity contribution in [2.24, 2.45) is 0 Å². The molecule has 130 valence electrons. The van der Waals surface area contributed by atoms with Crippen LogP contribution >= 0.6 is 11.6 Å². The zero-order valence-corrected chi connectivity index (χ0v) is 14.4. The van der Waals surface area contributed by atoms with E-state index in [1.54, 1.807) is 36.4 Å². The third kappa shape index (κ3) is 5.12. The van der Waals surface area contributed by atoms with Gasteiger partial charge in [-0.05, 0) is 36.8 Å². The van der Waals surface area contributed by atoms with Crippen LogP contribution in [0, 0.1) is 10.1 Å². The Morgan fingerprint density at radius 1 is 1.12 bits per heavy atom. The molecule has 0 bridgehead atoms. The summed E-state index contributed by atoms with van der Waals surface area (Å²) in [5.41, 5.74) is 1.39. The summed E-state index contributed by atoms with van der Waals surface area (Å²) in [6.45, 7) is 1.82. The molecule has 0 radical (unpaired) electrons. The van der Waals surface area contributed by atoms with Crippen LogP contribution in [0.3, 0.4) is 0 Å². The third-order valence-electron chi connectivity index (χ3n) is 3.69. The molecule has 0 heterocycles. The van der Waals surface area contributed by atoms with Gasteiger partial charge >= 0.3 is 0 Å². The second-order valence-electron chi connectivity index (χ2n) is 5.43. The summed E-state index contributed by atoms with van der Waals surface area (Å²) in [6.07, 6.45) is 0.563. The summed E-state index contributed by atoms with van der Waals surface area (Å²) in [5.74, 6) is -0.542. The monoisotopic (exact) mass is 360 g/mol. The molecular formula is C18H17ClN2O4. The molecule has 7 heteroatoms. The summed E-state index contributed by atoms with van der Waals surface area (Å²) in [6, 6.07) is 11.0. The van der Waals surface area contributed by atoms with E-state index in [9.17, 15) is 19.7 Å². The Balaban J connectivity index is 1.96. The van der Waals surface area contributed by atoms with Crippen LogP contribution in [0.2, 0.25) is 5.02 Å². The maximum absolute atomic E-state index is 12.0. The number of nitrogens with one attached hydrogen (secondary N) is 1. The first kappa shape index (κ1) is 18.6. The van der Waals surface area contributed by atoms with Gasteiger partial charge in [-0.25, -0.2) is 0 Å². The maximum atomic E-state index is 12.0. The Labute approximate surface area is 150 Å². The normalized spacial score (nSPS) is 10.3. The zero-order chi connectivity index (χ0) is 18.4. The number of nitro benzene ring substituents is 1. The van der Waals surface area contributed by atoms with Gasteiger partial charge in [0, 0.05) is 40.7 Å². The SMILES string of the molecule is CCc1ccc(NC(=O)CCC(=O)c2ccc(Cl)cc2)cc1[N+](=O)[O-]. The first-order valence-corrected chi connectivity index (χ1v) is 8.14. The number of hydrogen-bond donors (Lipinski definition) is 1. The molecule has 0 aliphatic heterocycles. The molecule has 0 fully saturated rings. The van der Waals surface area contributed by atoms with Crippen LogP contribution in [0.15, 0.2) is 42.5 Å². The largest absolute Gasteiger partial charge is 0.326 e. The van der Waals surface area contributed by atoms with Crippen molar-refractivity contribution < 1.29 is 14.5 Å². The quantitative estimate of drug-likeness (QED) is 0.450. The van der Waals surface area contributed by atoms with Crippen LogP contribution in [0.5, 0.6) is 0 Å². The minimum absolute atomic E-state index is 0.00914. The third-order valence-corrected chi connectivity index (χ3v) is 3.94. The minimum Gasteiger partial charge on any atom is -0.326 e. The fourth-order valence-corrected chi connectivity index (χ4v) is 2.47. The van der Waals surface area contributed by atoms with Crippen molar-refractivity contribution in [1.29, 1.82) is 0 Å². The summed E-state index contributed by atoms with van der Waals surface area (Å²) in [5, 5.41) is 14.2. The second kappa shape index (κ2) is 8.39. The number of anilines is 1. The van der Waals surface area contributed by atoms with Crippen LogP contribution in [0.4, 0.5) is 11.4 Å². The predicted octanol–water partition coefficient (Wildman–Crippen LogP) is 4.41. The van der Waals surface area contributed by atoms with Crippen molar-refractivity contribution in [3.8, 4) is 0 Å². The standard InChI is InChI=1S/C18H17ClN2O4/c1-2-12-5-8-15(11-16(12)21(24)25)20-18(23)10-9-17(22)13-3-6-14(19)7-4-13/h3-8,11H,2,9-10H2,1H3,(H,20,23). The minimum atomic E-state index is -0.474. The van der Waals surface area contributed by atoms with Crippen molar-refractivity contribution in [2.75, 3.05) is 5.32 Å². The molecule has 1 amide bonds. The highest BCUT2D eigenvalue weighted by atomic mass is 35.5. The van der Waals surface area contributed by atoms with Gasteiger partial charge in [-0.15, -0.1) is 0 Å². The Morgan fingerprint density at radius 2 is 1.80 bits per heavy atom. The van der Waals surface area contributed by atoms with Crippen LogP contribution in [0.1, 0.15) is 35.7 Å². The molecule has 2 aromatic carbocycles. The summed E-state index contributed by atoms with van der Waals surface area (Å²) < 4.78 is 0. The molecule has 2 rings (SSSR count). The number of amides is 1. The molecule has 0 atom stereocenters. The molecule has 2 aromatic rings. The number of hydrogen-bond acceptors (Lipinski definition) is 4. The molecule has 0 aliphatic rings. The Bertz CT molecular complexity index is 803. The van der Waals surface area contributed by atoms with E-state index in [0.29, 0.717) is 28.3 Å². The number of Topliss-reactive ketones (excluding diaryl/α,β-unsaturated/α-hetero) is 1. The van der Waals surface area contributed by atoms with E-state index in [1.165, 1.54) is 6.07 Å². The number of aryl methyl sites for hydroxylation is 1. The van der Waals surface area contributed by atoms with Crippen molar-refractivity contribution in [3.05, 3.63) is 68.7 Å². The van der Waals surface area contributed by atoms with Crippen molar-refractivity contribution in [1.82, 2.24) is 0 Å². The lowest BCUT2D eigenvalue weighted by Gasteiger charge is -2.07. The lowest BCUT2D eigenvalue weighted by atomic mass is 10.1. The second-order valence-corrected chi connectivity index (χ2v) is 5.87. The highest BCUT2D eigenvalue weighted by Crippen LogP contribution is 2.24. The number of carbonyl (C=O) groups excluding carboxylic acids is 2. The lowest BCUT2D eigenvalue weighted by molar-refractivity contribution is -0.385. The van der Waals surface area contributed by atoms with Gasteiger partial charge in [-0.2, -0.15) is 0 Å². The maximum Gasteiger partial charge on any atom is 0.274 e. The van der Waals surface area contributed by atoms with E-state index < -0.39 is 4.92 Å². The van der Waals surface area contributed by atoms with E-state index in [-0.39, 0.29) is 30.2 Å². The predicted molar refractivity (Wildman–Crippen MR) is 96.1 cm³/mol. The van der Waals surface area contributed by atoms with Gasteiger partial charge in [0.2, 0.25) is 5.91 Å². The molecule has 0 aromatic heterocycles. The highest BCUT2D eigenvalue weighted by molar-refractivity contribution is 6.30. The summed E-state index contributed by atoms with van der Waals surface area (Å²) >= 11 is 5.77. The molecule has 0 spiro atoms. The van der Waals surface area contributed by atoms with E-state index in [1.807, 2.05) is 6.92 Å². The molecule has 0 saturated carbocycles. The summed E-state index contributed by atoms with van der Waals surface area (Å²) in [4.78, 5) is 34.6. The van der Waals surface area contributed by atoms with E-state index in [0.717, 1.165) is 0 Å². The van der Waals surface area contributed by atoms with Gasteiger partial charge in [0.15, 0.2) is 5.78 Å². The first-order chi connectivity index (χ1) is 11.9. The van der Waals surface area contributed by atoms with Crippen molar-refractivity contribution in [2.45, 2.75) is 26.2 Å². The Hall–Kier alpha value is -2.73. The zero-order valence-electron chi connectivity index (χ0n) is 13.6. The van der Waals surface area contributed by atoms with E-state index in [4.69, 9.17) is 11.6 Å². The molecular weight excluding hydrogens is 344 g/mol. The van der Waals surface area contributed by atoms with E-state index in [2.05, 4.69) is 5.32 Å². The first-order valence-electron chi connectivity index (χ1n) is 7.76. The van der Waals surface area contributed by atoms with Crippen LogP contribution in [0.25, 0.3) is 0 Å². The van der Waals surface area contributed by atoms with Gasteiger partial charge in [0.25, 0.3) is 5.69 Å². The lowest BCUT2D eigenvalue weighted by Crippen LogP contribution is -2.13. The van der Waals surface area contributed by atoms with Crippen LogP contribution in [-0.2, 0) is 11.2 Å². The average molecular weight is 361 g/mol. The van der Waals surface area contributed by atoms with Crippen molar-refractivity contribution in [3.63, 3.8) is 0 Å². The van der Waals surface area contributed by atoms with Gasteiger partial charge in [-0.3, -0.25) is 19.7 Å². The van der Waals surface area contributed by atoms with Crippen LogP contribution < -0.4 is 5.32 Å². The van der Waals surface area contributed by atoms with Gasteiger partial charge in [0.1, 0.15) is 0 Å². The number of halogens is 1. The number of rotatable bonds is 7. The number of benzene rings is 2. The van der Waals surface area contributed by atoms with Gasteiger partial charge < -0.3 is 5.32 Å². The van der Waals surface area contributed by atoms with Crippen molar-refractivity contribution >= 4 is 34.7 Å². The molecule has 1 N–H and O–H groups in total. The van der Waals surface area contributed by atoms with Gasteiger partial charge in [-0.1, -0.05) is 24.6 Å². The van der Waals surface area contributed by atoms with Gasteiger partial charge in [0.05, 0.1) is 4.92 Å². The van der Waals surface area contributed by atoms with Crippen LogP contribution in [-0.4, -0.2) is 16.6 Å². The fourth-order valence-electron chi connectivity index (χ4n) is 2.34. The number of nitrogens with zero attached hydrogens (tertiary/aromatic N) is 1. The fraction of sp³-hybridized carbons (Fsp3) is 0.222. The summed E-state index contributed by atoms with van der Waals surface area (Å²) in [7, 11) is 0. The molecule has 0 aliphatic carbocycles.